The predicted octanol–water partition coefficient (Wildman–Crippen LogP) is 1.23. The predicted molar refractivity (Wildman–Crippen MR) is 79.0 cm³/mol. The average Bonchev–Trinajstić information content (AvgIpc) is 2.54. The van der Waals surface area contributed by atoms with Gasteiger partial charge in [-0.25, -0.2) is 8.42 Å². The summed E-state index contributed by atoms with van der Waals surface area (Å²) in [5.41, 5.74) is 0.220. The van der Waals surface area contributed by atoms with Crippen molar-refractivity contribution >= 4 is 15.9 Å². The Morgan fingerprint density at radius 1 is 1.24 bits per heavy atom. The highest BCUT2D eigenvalue weighted by atomic mass is 32.2. The second-order valence-corrected chi connectivity index (χ2v) is 6.84. The number of sulfonamides is 1. The number of carbonyl (C=O) groups is 1. The normalized spacial score (nSPS) is 16.5. The van der Waals surface area contributed by atoms with Gasteiger partial charge in [-0.3, -0.25) is 4.79 Å². The summed E-state index contributed by atoms with van der Waals surface area (Å²) in [5, 5.41) is 2.49. The molecule has 1 N–H and O–H groups in total. The van der Waals surface area contributed by atoms with Crippen molar-refractivity contribution in [3.05, 3.63) is 23.8 Å². The number of carbonyl (C=O) groups excluding carboxylic acids is 1. The first-order valence-corrected chi connectivity index (χ1v) is 8.35. The number of piperidine rings is 1. The second-order valence-electron chi connectivity index (χ2n) is 4.91. The van der Waals surface area contributed by atoms with Crippen LogP contribution in [0.2, 0.25) is 0 Å². The molecule has 2 rings (SSSR count). The Labute approximate surface area is 125 Å². The molecule has 1 heterocycles. The number of methoxy groups -OCH3 is 1. The Balaban J connectivity index is 2.41. The molecule has 116 valence electrons. The van der Waals surface area contributed by atoms with Crippen molar-refractivity contribution < 1.29 is 17.9 Å². The second kappa shape index (κ2) is 6.44. The van der Waals surface area contributed by atoms with Gasteiger partial charge in [0.1, 0.15) is 5.75 Å². The third-order valence-corrected chi connectivity index (χ3v) is 5.49. The number of nitrogens with one attached hydrogen (secondary N) is 1. The molecule has 1 aliphatic heterocycles. The van der Waals surface area contributed by atoms with E-state index < -0.39 is 10.0 Å². The van der Waals surface area contributed by atoms with Crippen LogP contribution >= 0.6 is 0 Å². The van der Waals surface area contributed by atoms with E-state index in [-0.39, 0.29) is 16.4 Å². The van der Waals surface area contributed by atoms with Crippen molar-refractivity contribution in [1.29, 1.82) is 0 Å². The summed E-state index contributed by atoms with van der Waals surface area (Å²) >= 11 is 0. The molecule has 0 bridgehead atoms. The smallest absolute Gasteiger partial charge is 0.254 e. The summed E-state index contributed by atoms with van der Waals surface area (Å²) in [6.45, 7) is 1.06. The minimum atomic E-state index is -3.55. The summed E-state index contributed by atoms with van der Waals surface area (Å²) in [6, 6.07) is 4.37. The van der Waals surface area contributed by atoms with E-state index in [1.54, 1.807) is 0 Å². The van der Waals surface area contributed by atoms with Crippen molar-refractivity contribution in [2.75, 3.05) is 27.2 Å². The molecule has 0 aliphatic carbocycles. The first-order chi connectivity index (χ1) is 10.0. The van der Waals surface area contributed by atoms with Crippen LogP contribution in [0.3, 0.4) is 0 Å². The van der Waals surface area contributed by atoms with Crippen molar-refractivity contribution in [2.24, 2.45) is 0 Å². The van der Waals surface area contributed by atoms with Crippen molar-refractivity contribution in [1.82, 2.24) is 9.62 Å². The quantitative estimate of drug-likeness (QED) is 0.907. The first-order valence-electron chi connectivity index (χ1n) is 6.91. The minimum absolute atomic E-state index is 0.129. The van der Waals surface area contributed by atoms with Crippen LogP contribution in [0.5, 0.6) is 5.75 Å². The highest BCUT2D eigenvalue weighted by molar-refractivity contribution is 7.89. The third-order valence-electron chi connectivity index (χ3n) is 3.60. The topological polar surface area (TPSA) is 75.7 Å². The molecule has 6 nitrogen and oxygen atoms in total. The van der Waals surface area contributed by atoms with Crippen LogP contribution in [-0.4, -0.2) is 45.9 Å². The van der Waals surface area contributed by atoms with Crippen LogP contribution in [0.4, 0.5) is 0 Å². The van der Waals surface area contributed by atoms with Gasteiger partial charge in [0.05, 0.1) is 17.6 Å². The van der Waals surface area contributed by atoms with Gasteiger partial charge in [-0.2, -0.15) is 4.31 Å². The van der Waals surface area contributed by atoms with Crippen molar-refractivity contribution in [2.45, 2.75) is 24.2 Å². The van der Waals surface area contributed by atoms with Crippen LogP contribution in [0.1, 0.15) is 29.6 Å². The van der Waals surface area contributed by atoms with Gasteiger partial charge in [0.25, 0.3) is 5.91 Å². The van der Waals surface area contributed by atoms with Crippen molar-refractivity contribution in [3.63, 3.8) is 0 Å². The van der Waals surface area contributed by atoms with Gasteiger partial charge in [-0.15, -0.1) is 0 Å². The van der Waals surface area contributed by atoms with Gasteiger partial charge in [-0.05, 0) is 31.0 Å². The molecular weight excluding hydrogens is 292 g/mol. The average molecular weight is 312 g/mol. The molecule has 1 saturated heterocycles. The largest absolute Gasteiger partial charge is 0.496 e. The maximum absolute atomic E-state index is 12.6. The molecule has 1 amide bonds. The number of ether oxygens (including phenoxy) is 1. The Morgan fingerprint density at radius 2 is 1.90 bits per heavy atom. The highest BCUT2D eigenvalue weighted by Crippen LogP contribution is 2.26. The summed E-state index contributed by atoms with van der Waals surface area (Å²) in [5.74, 6) is -0.0190. The number of hydrogen-bond acceptors (Lipinski definition) is 4. The molecule has 0 unspecified atom stereocenters. The first kappa shape index (κ1) is 15.8. The van der Waals surface area contributed by atoms with Crippen LogP contribution in [0, 0.1) is 0 Å². The fourth-order valence-corrected chi connectivity index (χ4v) is 3.96. The molecule has 0 radical (unpaired) electrons. The molecule has 7 heteroatoms. The van der Waals surface area contributed by atoms with E-state index in [1.807, 2.05) is 0 Å². The zero-order valence-electron chi connectivity index (χ0n) is 12.3. The molecule has 21 heavy (non-hydrogen) atoms. The number of nitrogens with zero attached hydrogens (tertiary/aromatic N) is 1. The lowest BCUT2D eigenvalue weighted by Gasteiger charge is -2.26. The van der Waals surface area contributed by atoms with E-state index in [1.165, 1.54) is 36.7 Å². The SMILES string of the molecule is CNC(=O)c1cc(S(=O)(=O)N2CCCCC2)ccc1OC. The lowest BCUT2D eigenvalue weighted by Crippen LogP contribution is -2.35. The molecule has 0 spiro atoms. The molecule has 0 saturated carbocycles. The Bertz CT molecular complexity index is 622. The van der Waals surface area contributed by atoms with Gasteiger partial charge in [0.15, 0.2) is 0 Å². The van der Waals surface area contributed by atoms with E-state index in [9.17, 15) is 13.2 Å². The Morgan fingerprint density at radius 3 is 2.48 bits per heavy atom. The monoisotopic (exact) mass is 312 g/mol. The van der Waals surface area contributed by atoms with Crippen LogP contribution in [0.25, 0.3) is 0 Å². The standard InChI is InChI=1S/C14H20N2O4S/c1-15-14(17)12-10-11(6-7-13(12)20-2)21(18,19)16-8-4-3-5-9-16/h6-7,10H,3-5,8-9H2,1-2H3,(H,15,17). The molecular formula is C14H20N2O4S. The van der Waals surface area contributed by atoms with E-state index in [2.05, 4.69) is 5.32 Å². The number of rotatable bonds is 4. The summed E-state index contributed by atoms with van der Waals surface area (Å²) in [6.07, 6.45) is 2.80. The number of hydrogen-bond donors (Lipinski definition) is 1. The number of amides is 1. The minimum Gasteiger partial charge on any atom is -0.496 e. The Hall–Kier alpha value is -1.60. The van der Waals surface area contributed by atoms with Gasteiger partial charge >= 0.3 is 0 Å². The van der Waals surface area contributed by atoms with E-state index >= 15 is 0 Å². The maximum atomic E-state index is 12.6. The zero-order valence-corrected chi connectivity index (χ0v) is 13.1. The molecule has 0 atom stereocenters. The number of benzene rings is 1. The zero-order chi connectivity index (χ0) is 15.5. The van der Waals surface area contributed by atoms with Crippen molar-refractivity contribution in [3.8, 4) is 5.75 Å². The lowest BCUT2D eigenvalue weighted by atomic mass is 10.2. The molecule has 1 aliphatic rings. The van der Waals surface area contributed by atoms with Gasteiger partial charge in [0.2, 0.25) is 10.0 Å². The van der Waals surface area contributed by atoms with Gasteiger partial charge in [-0.1, -0.05) is 6.42 Å². The van der Waals surface area contributed by atoms with Gasteiger partial charge in [0, 0.05) is 20.1 Å². The van der Waals surface area contributed by atoms with Crippen LogP contribution in [0.15, 0.2) is 23.1 Å². The summed E-state index contributed by atoms with van der Waals surface area (Å²) in [7, 11) is -0.615. The van der Waals surface area contributed by atoms with Gasteiger partial charge < -0.3 is 10.1 Å². The third kappa shape index (κ3) is 3.19. The summed E-state index contributed by atoms with van der Waals surface area (Å²) in [4.78, 5) is 12.0. The molecule has 1 fully saturated rings. The van der Waals surface area contributed by atoms with E-state index in [0.29, 0.717) is 18.8 Å². The highest BCUT2D eigenvalue weighted by Gasteiger charge is 2.27. The fourth-order valence-electron chi connectivity index (χ4n) is 2.41. The molecule has 1 aromatic carbocycles. The lowest BCUT2D eigenvalue weighted by molar-refractivity contribution is 0.0960. The van der Waals surface area contributed by atoms with E-state index in [0.717, 1.165) is 19.3 Å². The van der Waals surface area contributed by atoms with Crippen LogP contribution < -0.4 is 10.1 Å². The molecule has 1 aromatic rings. The van der Waals surface area contributed by atoms with Crippen LogP contribution in [-0.2, 0) is 10.0 Å². The van der Waals surface area contributed by atoms with E-state index in [4.69, 9.17) is 4.74 Å². The summed E-state index contributed by atoms with van der Waals surface area (Å²) < 4.78 is 31.8. The fraction of sp³-hybridized carbons (Fsp3) is 0.500. The maximum Gasteiger partial charge on any atom is 0.254 e. The Kier molecular flexibility index (Phi) is 4.84. The molecule has 0 aromatic heterocycles.